The van der Waals surface area contributed by atoms with Gasteiger partial charge in [0.2, 0.25) is 0 Å². The van der Waals surface area contributed by atoms with Gasteiger partial charge in [0.25, 0.3) is 0 Å². The summed E-state index contributed by atoms with van der Waals surface area (Å²) in [6, 6.07) is 5.24. The number of halogens is 1. The Morgan fingerprint density at radius 3 is 2.43 bits per heavy atom. The summed E-state index contributed by atoms with van der Waals surface area (Å²) in [6.07, 6.45) is 0. The molecular weight excluding hydrogens is 297 g/mol. The molecule has 0 saturated carbocycles. The molecule has 0 radical (unpaired) electrons. The van der Waals surface area contributed by atoms with E-state index in [1.165, 1.54) is 0 Å². The summed E-state index contributed by atoms with van der Waals surface area (Å²) in [4.78, 5) is 23.4. The van der Waals surface area contributed by atoms with E-state index < -0.39 is 0 Å². The van der Waals surface area contributed by atoms with Crippen molar-refractivity contribution in [2.75, 3.05) is 41.5 Å². The first kappa shape index (κ1) is 17.1. The Balaban J connectivity index is 2.11. The molecule has 1 saturated heterocycles. The smallest absolute Gasteiger partial charge is 0.322 e. The average molecular weight is 321 g/mol. The van der Waals surface area contributed by atoms with Crippen LogP contribution in [-0.2, 0) is 6.54 Å². The topological polar surface area (TPSA) is 42.4 Å². The van der Waals surface area contributed by atoms with Gasteiger partial charge >= 0.3 is 6.03 Å². The second-order valence-electron chi connectivity index (χ2n) is 5.96. The van der Waals surface area contributed by atoms with Crippen molar-refractivity contribution in [1.82, 2.24) is 19.6 Å². The van der Waals surface area contributed by atoms with Crippen molar-refractivity contribution in [2.24, 2.45) is 4.99 Å². The molecule has 1 aromatic carbocycles. The van der Waals surface area contributed by atoms with Crippen LogP contribution in [0.1, 0.15) is 11.1 Å². The van der Waals surface area contributed by atoms with E-state index in [9.17, 15) is 9.18 Å². The van der Waals surface area contributed by atoms with Crippen LogP contribution in [0.2, 0.25) is 0 Å². The molecule has 1 aliphatic rings. The van der Waals surface area contributed by atoms with Gasteiger partial charge in [-0.25, -0.2) is 9.18 Å². The minimum absolute atomic E-state index is 0.0139. The van der Waals surface area contributed by atoms with Gasteiger partial charge in [0.1, 0.15) is 5.82 Å². The molecule has 0 atom stereocenters. The second kappa shape index (κ2) is 6.85. The Bertz CT molecular complexity index is 604. The lowest BCUT2D eigenvalue weighted by Gasteiger charge is -2.42. The standard InChI is InChI=1S/C16H24FN5O/c1-12-6-7-13(8-14(12)17)9-19(3)15(18-2)22-10-20(4)16(23)21(5)11-22/h6-8H,9-11H2,1-5H3. The number of urea groups is 1. The number of carbonyl (C=O) groups is 1. The lowest BCUT2D eigenvalue weighted by molar-refractivity contribution is 0.0876. The molecule has 1 aromatic rings. The van der Waals surface area contributed by atoms with Gasteiger partial charge in [-0.15, -0.1) is 0 Å². The van der Waals surface area contributed by atoms with Crippen LogP contribution in [0, 0.1) is 12.7 Å². The van der Waals surface area contributed by atoms with Crippen LogP contribution in [0.25, 0.3) is 0 Å². The summed E-state index contributed by atoms with van der Waals surface area (Å²) in [7, 11) is 7.15. The Morgan fingerprint density at radius 1 is 1.30 bits per heavy atom. The molecular formula is C16H24FN5O. The first-order valence-electron chi connectivity index (χ1n) is 7.47. The molecule has 0 aromatic heterocycles. The maximum Gasteiger partial charge on any atom is 0.322 e. The van der Waals surface area contributed by atoms with E-state index >= 15 is 0 Å². The minimum atomic E-state index is -0.200. The number of guanidine groups is 1. The second-order valence-corrected chi connectivity index (χ2v) is 5.96. The third kappa shape index (κ3) is 3.72. The van der Waals surface area contributed by atoms with Crippen molar-refractivity contribution in [3.05, 3.63) is 35.1 Å². The van der Waals surface area contributed by atoms with E-state index in [1.54, 1.807) is 50.0 Å². The number of nitrogens with zero attached hydrogens (tertiary/aromatic N) is 5. The summed E-state index contributed by atoms with van der Waals surface area (Å²) in [6.45, 7) is 3.24. The van der Waals surface area contributed by atoms with E-state index in [0.29, 0.717) is 25.4 Å². The SMILES string of the molecule is CN=C(N(C)Cc1ccc(C)c(F)c1)N1CN(C)C(=O)N(C)C1. The molecule has 2 rings (SSSR count). The summed E-state index contributed by atoms with van der Waals surface area (Å²) in [5, 5.41) is 0. The summed E-state index contributed by atoms with van der Waals surface area (Å²) in [5.41, 5.74) is 1.52. The molecule has 0 bridgehead atoms. The zero-order valence-corrected chi connectivity index (χ0v) is 14.4. The summed E-state index contributed by atoms with van der Waals surface area (Å²) >= 11 is 0. The third-order valence-electron chi connectivity index (χ3n) is 3.90. The van der Waals surface area contributed by atoms with Gasteiger partial charge in [-0.3, -0.25) is 4.99 Å². The van der Waals surface area contributed by atoms with Gasteiger partial charge in [-0.05, 0) is 24.1 Å². The van der Waals surface area contributed by atoms with Crippen LogP contribution in [0.15, 0.2) is 23.2 Å². The predicted octanol–water partition coefficient (Wildman–Crippen LogP) is 1.77. The Kier molecular flexibility index (Phi) is 5.08. The number of aliphatic imine (C=N–C) groups is 1. The van der Waals surface area contributed by atoms with Crippen molar-refractivity contribution in [2.45, 2.75) is 13.5 Å². The first-order chi connectivity index (χ1) is 10.8. The molecule has 1 aliphatic heterocycles. The molecule has 7 heteroatoms. The van der Waals surface area contributed by atoms with Crippen molar-refractivity contribution in [1.29, 1.82) is 0 Å². The predicted molar refractivity (Wildman–Crippen MR) is 88.5 cm³/mol. The lowest BCUT2D eigenvalue weighted by Crippen LogP contribution is -2.59. The zero-order valence-electron chi connectivity index (χ0n) is 14.4. The van der Waals surface area contributed by atoms with E-state index in [-0.39, 0.29) is 11.8 Å². The maximum absolute atomic E-state index is 13.7. The number of rotatable bonds is 2. The van der Waals surface area contributed by atoms with Gasteiger partial charge in [0.15, 0.2) is 5.96 Å². The Labute approximate surface area is 136 Å². The van der Waals surface area contributed by atoms with Gasteiger partial charge in [0.05, 0.1) is 13.3 Å². The normalized spacial score (nSPS) is 16.2. The van der Waals surface area contributed by atoms with Crippen molar-refractivity contribution in [3.8, 4) is 0 Å². The quantitative estimate of drug-likeness (QED) is 0.616. The van der Waals surface area contributed by atoms with Gasteiger partial charge in [-0.2, -0.15) is 0 Å². The largest absolute Gasteiger partial charge is 0.341 e. The number of hydrogen-bond donors (Lipinski definition) is 0. The van der Waals surface area contributed by atoms with E-state index in [2.05, 4.69) is 4.99 Å². The van der Waals surface area contributed by atoms with Crippen LogP contribution < -0.4 is 0 Å². The molecule has 0 spiro atoms. The number of amides is 2. The first-order valence-corrected chi connectivity index (χ1v) is 7.47. The van der Waals surface area contributed by atoms with Crippen LogP contribution >= 0.6 is 0 Å². The van der Waals surface area contributed by atoms with Crippen LogP contribution in [0.4, 0.5) is 9.18 Å². The van der Waals surface area contributed by atoms with Crippen LogP contribution in [0.5, 0.6) is 0 Å². The fraction of sp³-hybridized carbons (Fsp3) is 0.500. The van der Waals surface area contributed by atoms with Crippen molar-refractivity contribution < 1.29 is 9.18 Å². The van der Waals surface area contributed by atoms with Crippen LogP contribution in [0.3, 0.4) is 0 Å². The molecule has 1 fully saturated rings. The van der Waals surface area contributed by atoms with Crippen molar-refractivity contribution in [3.63, 3.8) is 0 Å². The minimum Gasteiger partial charge on any atom is -0.341 e. The maximum atomic E-state index is 13.7. The molecule has 126 valence electrons. The molecule has 0 unspecified atom stereocenters. The molecule has 23 heavy (non-hydrogen) atoms. The van der Waals surface area contributed by atoms with E-state index in [1.807, 2.05) is 22.9 Å². The molecule has 1 heterocycles. The summed E-state index contributed by atoms with van der Waals surface area (Å²) < 4.78 is 13.7. The van der Waals surface area contributed by atoms with Crippen LogP contribution in [-0.4, -0.2) is 73.1 Å². The van der Waals surface area contributed by atoms with Gasteiger partial charge in [0, 0.05) is 34.7 Å². The number of hydrogen-bond acceptors (Lipinski definition) is 2. The molecule has 0 N–H and O–H groups in total. The Morgan fingerprint density at radius 2 is 1.91 bits per heavy atom. The molecule has 6 nitrogen and oxygen atoms in total. The van der Waals surface area contributed by atoms with E-state index in [0.717, 1.165) is 11.5 Å². The average Bonchev–Trinajstić information content (AvgIpc) is 2.49. The highest BCUT2D eigenvalue weighted by molar-refractivity contribution is 5.82. The highest BCUT2D eigenvalue weighted by atomic mass is 19.1. The number of benzene rings is 1. The molecule has 0 aliphatic carbocycles. The van der Waals surface area contributed by atoms with E-state index in [4.69, 9.17) is 0 Å². The van der Waals surface area contributed by atoms with Gasteiger partial charge in [-0.1, -0.05) is 12.1 Å². The molecule has 2 amide bonds. The monoisotopic (exact) mass is 321 g/mol. The number of carbonyl (C=O) groups excluding carboxylic acids is 1. The Hall–Kier alpha value is -2.31. The lowest BCUT2D eigenvalue weighted by atomic mass is 10.1. The fourth-order valence-corrected chi connectivity index (χ4v) is 2.73. The van der Waals surface area contributed by atoms with Gasteiger partial charge < -0.3 is 19.6 Å². The highest BCUT2D eigenvalue weighted by Crippen LogP contribution is 2.14. The summed E-state index contributed by atoms with van der Waals surface area (Å²) in [5.74, 6) is 0.561. The zero-order chi connectivity index (χ0) is 17.1. The van der Waals surface area contributed by atoms with Crippen molar-refractivity contribution >= 4 is 12.0 Å². The fourth-order valence-electron chi connectivity index (χ4n) is 2.73. The third-order valence-corrected chi connectivity index (χ3v) is 3.90. The highest BCUT2D eigenvalue weighted by Gasteiger charge is 2.28. The number of aryl methyl sites for hydroxylation is 1.